The molecule has 6 heteroatoms. The van der Waals surface area contributed by atoms with Gasteiger partial charge in [-0.2, -0.15) is 5.10 Å². The number of hydrogen-bond donors (Lipinski definition) is 1. The van der Waals surface area contributed by atoms with Crippen molar-refractivity contribution in [2.24, 2.45) is 0 Å². The Bertz CT molecular complexity index is 1290. The Morgan fingerprint density at radius 2 is 1.76 bits per heavy atom. The Morgan fingerprint density at radius 3 is 2.52 bits per heavy atom. The minimum absolute atomic E-state index is 0.303. The maximum atomic E-state index is 13.6. The lowest BCUT2D eigenvalue weighted by atomic mass is 10.1. The van der Waals surface area contributed by atoms with Crippen LogP contribution in [-0.2, 0) is 0 Å². The maximum Gasteiger partial charge on any atom is 0.142 e. The van der Waals surface area contributed by atoms with Crippen LogP contribution in [0.15, 0.2) is 79.0 Å². The summed E-state index contributed by atoms with van der Waals surface area (Å²) in [5, 5.41) is 4.81. The molecule has 0 spiro atoms. The first kappa shape index (κ1) is 17.2. The highest BCUT2D eigenvalue weighted by molar-refractivity contribution is 5.84. The summed E-state index contributed by atoms with van der Waals surface area (Å²) in [6, 6.07) is 22.1. The standard InChI is InChI=1S/C23H17FN4O/c1-29-18-10-7-15(8-11-18)22-19(14-28(27-22)17-5-3-2-4-6-17)23-25-20-12-9-16(24)13-21(20)26-23/h2-14H,1H3,(H,25,26). The van der Waals surface area contributed by atoms with E-state index >= 15 is 0 Å². The number of nitrogens with zero attached hydrogens (tertiary/aromatic N) is 3. The molecule has 0 saturated heterocycles. The van der Waals surface area contributed by atoms with Crippen LogP contribution in [0.5, 0.6) is 5.75 Å². The Hall–Kier alpha value is -3.93. The summed E-state index contributed by atoms with van der Waals surface area (Å²) in [7, 11) is 1.64. The maximum absolute atomic E-state index is 13.6. The smallest absolute Gasteiger partial charge is 0.142 e. The highest BCUT2D eigenvalue weighted by Gasteiger charge is 2.17. The Morgan fingerprint density at radius 1 is 0.966 bits per heavy atom. The van der Waals surface area contributed by atoms with Gasteiger partial charge in [0, 0.05) is 11.8 Å². The molecule has 3 aromatic carbocycles. The van der Waals surface area contributed by atoms with Crippen LogP contribution in [0.3, 0.4) is 0 Å². The van der Waals surface area contributed by atoms with Crippen molar-refractivity contribution in [3.63, 3.8) is 0 Å². The van der Waals surface area contributed by atoms with Gasteiger partial charge in [0.2, 0.25) is 0 Å². The monoisotopic (exact) mass is 384 g/mol. The van der Waals surface area contributed by atoms with Gasteiger partial charge in [-0.3, -0.25) is 0 Å². The number of fused-ring (bicyclic) bond motifs is 1. The molecule has 29 heavy (non-hydrogen) atoms. The van der Waals surface area contributed by atoms with E-state index in [-0.39, 0.29) is 5.82 Å². The zero-order valence-electron chi connectivity index (χ0n) is 15.6. The largest absolute Gasteiger partial charge is 0.497 e. The van der Waals surface area contributed by atoms with Gasteiger partial charge in [0.1, 0.15) is 23.1 Å². The third-order valence-corrected chi connectivity index (χ3v) is 4.80. The van der Waals surface area contributed by atoms with Crippen LogP contribution in [-0.4, -0.2) is 26.9 Å². The van der Waals surface area contributed by atoms with Gasteiger partial charge in [0.05, 0.1) is 29.4 Å². The first-order valence-corrected chi connectivity index (χ1v) is 9.16. The fourth-order valence-corrected chi connectivity index (χ4v) is 3.33. The zero-order valence-corrected chi connectivity index (χ0v) is 15.6. The van der Waals surface area contributed by atoms with Crippen LogP contribution in [0.2, 0.25) is 0 Å². The van der Waals surface area contributed by atoms with E-state index < -0.39 is 0 Å². The molecular weight excluding hydrogens is 367 g/mol. The number of nitrogens with one attached hydrogen (secondary N) is 1. The topological polar surface area (TPSA) is 55.7 Å². The van der Waals surface area contributed by atoms with E-state index in [9.17, 15) is 4.39 Å². The molecule has 0 radical (unpaired) electrons. The van der Waals surface area contributed by atoms with E-state index in [1.165, 1.54) is 12.1 Å². The van der Waals surface area contributed by atoms with Gasteiger partial charge >= 0.3 is 0 Å². The number of rotatable bonds is 4. The number of halogens is 1. The van der Waals surface area contributed by atoms with Crippen molar-refractivity contribution in [1.82, 2.24) is 19.7 Å². The first-order valence-electron chi connectivity index (χ1n) is 9.16. The van der Waals surface area contributed by atoms with Gasteiger partial charge in [-0.25, -0.2) is 14.1 Å². The number of H-pyrrole nitrogens is 1. The second-order valence-electron chi connectivity index (χ2n) is 6.65. The molecule has 0 aliphatic carbocycles. The quantitative estimate of drug-likeness (QED) is 0.462. The van der Waals surface area contributed by atoms with Gasteiger partial charge in [0.25, 0.3) is 0 Å². The normalized spacial score (nSPS) is 11.1. The summed E-state index contributed by atoms with van der Waals surface area (Å²) >= 11 is 0. The van der Waals surface area contributed by atoms with Crippen LogP contribution >= 0.6 is 0 Å². The molecule has 2 heterocycles. The molecule has 0 bridgehead atoms. The molecular formula is C23H17FN4O. The summed E-state index contributed by atoms with van der Waals surface area (Å²) in [5.74, 6) is 1.11. The summed E-state index contributed by atoms with van der Waals surface area (Å²) in [6.07, 6.45) is 1.93. The minimum Gasteiger partial charge on any atom is -0.497 e. The number of imidazole rings is 1. The minimum atomic E-state index is -0.303. The average molecular weight is 384 g/mol. The molecule has 1 N–H and O–H groups in total. The van der Waals surface area contributed by atoms with Gasteiger partial charge in [-0.1, -0.05) is 18.2 Å². The summed E-state index contributed by atoms with van der Waals surface area (Å²) in [4.78, 5) is 7.87. The molecule has 0 atom stereocenters. The third-order valence-electron chi connectivity index (χ3n) is 4.80. The molecule has 0 unspecified atom stereocenters. The lowest BCUT2D eigenvalue weighted by Gasteiger charge is -2.03. The predicted molar refractivity (Wildman–Crippen MR) is 111 cm³/mol. The molecule has 0 amide bonds. The second-order valence-corrected chi connectivity index (χ2v) is 6.65. The molecule has 5 aromatic rings. The number of aromatic nitrogens is 4. The third kappa shape index (κ3) is 3.14. The summed E-state index contributed by atoms with van der Waals surface area (Å²) in [6.45, 7) is 0. The number of para-hydroxylation sites is 1. The molecule has 0 aliphatic heterocycles. The number of hydrogen-bond acceptors (Lipinski definition) is 3. The van der Waals surface area contributed by atoms with Crippen LogP contribution < -0.4 is 4.74 Å². The molecule has 0 aliphatic rings. The molecule has 142 valence electrons. The van der Waals surface area contributed by atoms with Gasteiger partial charge in [0.15, 0.2) is 0 Å². The van der Waals surface area contributed by atoms with E-state index in [1.54, 1.807) is 13.2 Å². The van der Waals surface area contributed by atoms with Crippen LogP contribution in [0.4, 0.5) is 4.39 Å². The number of aromatic amines is 1. The predicted octanol–water partition coefficient (Wildman–Crippen LogP) is 5.23. The van der Waals surface area contributed by atoms with E-state index in [1.807, 2.05) is 65.5 Å². The van der Waals surface area contributed by atoms with E-state index in [2.05, 4.69) is 9.97 Å². The van der Waals surface area contributed by atoms with Crippen molar-refractivity contribution >= 4 is 11.0 Å². The van der Waals surface area contributed by atoms with Gasteiger partial charge in [-0.05, 0) is 54.6 Å². The second kappa shape index (κ2) is 6.91. The molecule has 5 rings (SSSR count). The highest BCUT2D eigenvalue weighted by Crippen LogP contribution is 2.32. The fraction of sp³-hybridized carbons (Fsp3) is 0.0435. The molecule has 0 fully saturated rings. The zero-order chi connectivity index (χ0) is 19.8. The SMILES string of the molecule is COc1ccc(-c2nn(-c3ccccc3)cc2-c2nc3ccc(F)cc3[nH]2)cc1. The molecule has 0 saturated carbocycles. The van der Waals surface area contributed by atoms with Crippen LogP contribution in [0.25, 0.3) is 39.4 Å². The number of methoxy groups -OCH3 is 1. The Kier molecular flexibility index (Phi) is 4.09. The van der Waals surface area contributed by atoms with Gasteiger partial charge in [-0.15, -0.1) is 0 Å². The van der Waals surface area contributed by atoms with Crippen molar-refractivity contribution in [1.29, 1.82) is 0 Å². The number of benzene rings is 3. The fourth-order valence-electron chi connectivity index (χ4n) is 3.33. The Labute approximate surface area is 166 Å². The average Bonchev–Trinajstić information content (AvgIpc) is 3.38. The lowest BCUT2D eigenvalue weighted by molar-refractivity contribution is 0.415. The van der Waals surface area contributed by atoms with Crippen LogP contribution in [0, 0.1) is 5.82 Å². The van der Waals surface area contributed by atoms with E-state index in [4.69, 9.17) is 9.84 Å². The molecule has 5 nitrogen and oxygen atoms in total. The summed E-state index contributed by atoms with van der Waals surface area (Å²) in [5.41, 5.74) is 4.83. The van der Waals surface area contributed by atoms with Crippen molar-refractivity contribution in [2.45, 2.75) is 0 Å². The van der Waals surface area contributed by atoms with Crippen molar-refractivity contribution in [3.8, 4) is 34.1 Å². The lowest BCUT2D eigenvalue weighted by Crippen LogP contribution is -1.94. The van der Waals surface area contributed by atoms with Crippen LogP contribution in [0.1, 0.15) is 0 Å². The summed E-state index contributed by atoms with van der Waals surface area (Å²) < 4.78 is 20.7. The van der Waals surface area contributed by atoms with Crippen molar-refractivity contribution in [3.05, 3.63) is 84.8 Å². The van der Waals surface area contributed by atoms with E-state index in [0.717, 1.165) is 28.3 Å². The Balaban J connectivity index is 1.70. The van der Waals surface area contributed by atoms with Crippen molar-refractivity contribution in [2.75, 3.05) is 7.11 Å². The van der Waals surface area contributed by atoms with E-state index in [0.29, 0.717) is 16.9 Å². The highest BCUT2D eigenvalue weighted by atomic mass is 19.1. The first-order chi connectivity index (χ1) is 14.2. The molecule has 2 aromatic heterocycles. The number of ether oxygens (including phenoxy) is 1. The van der Waals surface area contributed by atoms with Crippen molar-refractivity contribution < 1.29 is 9.13 Å². The van der Waals surface area contributed by atoms with Gasteiger partial charge < -0.3 is 9.72 Å².